The third-order valence-corrected chi connectivity index (χ3v) is 1.09. The highest BCUT2D eigenvalue weighted by atomic mass is 16.7. The van der Waals surface area contributed by atoms with Crippen molar-refractivity contribution in [3.05, 3.63) is 11.6 Å². The van der Waals surface area contributed by atoms with Crippen LogP contribution in [0.5, 0.6) is 0 Å². The number of carboxylic acid groups (broad SMARTS) is 1. The molecule has 0 fully saturated rings. The smallest absolute Gasteiger partial charge is 0.449 e. The molecule has 0 spiro atoms. The van der Waals surface area contributed by atoms with Gasteiger partial charge in [0, 0.05) is 5.57 Å². The van der Waals surface area contributed by atoms with E-state index in [0.29, 0.717) is 5.57 Å². The molecule has 0 atom stereocenters. The second kappa shape index (κ2) is 4.54. The maximum Gasteiger partial charge on any atom is 0.513 e. The van der Waals surface area contributed by atoms with E-state index in [1.165, 1.54) is 6.92 Å². The Labute approximate surface area is 70.8 Å². The molecule has 0 saturated carbocycles. The Morgan fingerprint density at radius 3 is 2.25 bits per heavy atom. The van der Waals surface area contributed by atoms with E-state index in [4.69, 9.17) is 5.11 Å². The Hall–Kier alpha value is -1.32. The van der Waals surface area contributed by atoms with Gasteiger partial charge >= 0.3 is 12.1 Å². The van der Waals surface area contributed by atoms with Gasteiger partial charge in [-0.15, -0.1) is 0 Å². The van der Waals surface area contributed by atoms with E-state index in [1.807, 2.05) is 13.8 Å². The third kappa shape index (κ3) is 4.49. The minimum absolute atomic E-state index is 0.200. The maximum absolute atomic E-state index is 10.8. The summed E-state index contributed by atoms with van der Waals surface area (Å²) in [5.74, 6) is -0.609. The molecule has 0 radical (unpaired) electrons. The van der Waals surface area contributed by atoms with Crippen molar-refractivity contribution in [2.45, 2.75) is 20.8 Å². The van der Waals surface area contributed by atoms with Crippen molar-refractivity contribution in [1.82, 2.24) is 0 Å². The van der Waals surface area contributed by atoms with Gasteiger partial charge in [-0.05, 0) is 12.8 Å². The van der Waals surface area contributed by atoms with Crippen LogP contribution in [0.25, 0.3) is 0 Å². The molecule has 0 aliphatic rings. The number of carbonyl (C=O) groups excluding carboxylic acids is 1. The number of carbonyl (C=O) groups is 2. The van der Waals surface area contributed by atoms with Gasteiger partial charge in [0.1, 0.15) is 0 Å². The molecule has 0 aromatic carbocycles. The Morgan fingerprint density at radius 1 is 1.42 bits per heavy atom. The van der Waals surface area contributed by atoms with Gasteiger partial charge in [-0.25, -0.2) is 9.59 Å². The second-order valence-electron chi connectivity index (χ2n) is 2.75. The van der Waals surface area contributed by atoms with E-state index < -0.39 is 12.1 Å². The molecule has 0 aromatic rings. The summed E-state index contributed by atoms with van der Waals surface area (Å²) >= 11 is 0. The molecule has 0 unspecified atom stereocenters. The van der Waals surface area contributed by atoms with Crippen LogP contribution < -0.4 is 0 Å². The topological polar surface area (TPSA) is 63.6 Å². The Bertz CT molecular complexity index is 215. The summed E-state index contributed by atoms with van der Waals surface area (Å²) in [6.45, 7) is 5.29. The second-order valence-corrected chi connectivity index (χ2v) is 2.75. The van der Waals surface area contributed by atoms with Crippen molar-refractivity contribution in [2.75, 3.05) is 0 Å². The zero-order valence-corrected chi connectivity index (χ0v) is 7.33. The number of ether oxygens (including phenoxy) is 1. The first-order valence-corrected chi connectivity index (χ1v) is 3.57. The molecule has 0 amide bonds. The predicted molar refractivity (Wildman–Crippen MR) is 42.7 cm³/mol. The fraction of sp³-hybridized carbons (Fsp3) is 0.500. The van der Waals surface area contributed by atoms with Crippen LogP contribution in [-0.2, 0) is 9.53 Å². The van der Waals surface area contributed by atoms with Crippen LogP contribution in [0, 0.1) is 5.92 Å². The molecule has 1 N–H and O–H groups in total. The lowest BCUT2D eigenvalue weighted by Gasteiger charge is -2.00. The summed E-state index contributed by atoms with van der Waals surface area (Å²) in [5.41, 5.74) is 0.312. The van der Waals surface area contributed by atoms with Crippen LogP contribution in [0.1, 0.15) is 20.8 Å². The molecule has 0 heterocycles. The van der Waals surface area contributed by atoms with E-state index >= 15 is 0 Å². The van der Waals surface area contributed by atoms with Crippen LogP contribution in [-0.4, -0.2) is 17.2 Å². The van der Waals surface area contributed by atoms with Crippen molar-refractivity contribution in [3.8, 4) is 0 Å². The molecule has 0 aliphatic heterocycles. The average Bonchev–Trinajstić information content (AvgIpc) is 1.84. The van der Waals surface area contributed by atoms with Crippen molar-refractivity contribution >= 4 is 12.1 Å². The van der Waals surface area contributed by atoms with Crippen LogP contribution in [0.3, 0.4) is 0 Å². The number of rotatable bonds is 2. The summed E-state index contributed by atoms with van der Waals surface area (Å²) in [6, 6.07) is 0. The molecule has 12 heavy (non-hydrogen) atoms. The Kier molecular flexibility index (Phi) is 4.04. The van der Waals surface area contributed by atoms with Crippen molar-refractivity contribution in [1.29, 1.82) is 0 Å². The molecule has 0 rings (SSSR count). The molecule has 4 heteroatoms. The van der Waals surface area contributed by atoms with Crippen molar-refractivity contribution in [2.24, 2.45) is 5.92 Å². The van der Waals surface area contributed by atoms with E-state index in [1.54, 1.807) is 6.08 Å². The monoisotopic (exact) mass is 172 g/mol. The minimum Gasteiger partial charge on any atom is -0.449 e. The van der Waals surface area contributed by atoms with E-state index in [9.17, 15) is 9.59 Å². The van der Waals surface area contributed by atoms with Crippen LogP contribution in [0.2, 0.25) is 0 Å². The molecule has 0 aromatic heterocycles. The predicted octanol–water partition coefficient (Wildman–Crippen LogP) is 1.81. The zero-order chi connectivity index (χ0) is 9.72. The Morgan fingerprint density at radius 2 is 1.92 bits per heavy atom. The number of hydrogen-bond acceptors (Lipinski definition) is 3. The lowest BCUT2D eigenvalue weighted by molar-refractivity contribution is -0.134. The fourth-order valence-corrected chi connectivity index (χ4v) is 0.728. The minimum atomic E-state index is -1.57. The highest BCUT2D eigenvalue weighted by molar-refractivity contribution is 5.93. The van der Waals surface area contributed by atoms with Crippen molar-refractivity contribution < 1.29 is 19.4 Å². The molecule has 0 aliphatic carbocycles. The molecule has 0 bridgehead atoms. The highest BCUT2D eigenvalue weighted by Crippen LogP contribution is 2.03. The van der Waals surface area contributed by atoms with E-state index in [0.717, 1.165) is 0 Å². The van der Waals surface area contributed by atoms with E-state index in [-0.39, 0.29) is 5.92 Å². The highest BCUT2D eigenvalue weighted by Gasteiger charge is 2.10. The fourth-order valence-electron chi connectivity index (χ4n) is 0.728. The number of hydrogen-bond donors (Lipinski definition) is 1. The van der Waals surface area contributed by atoms with Gasteiger partial charge in [0.25, 0.3) is 0 Å². The molecule has 0 saturated heterocycles. The first kappa shape index (κ1) is 10.7. The summed E-state index contributed by atoms with van der Waals surface area (Å²) < 4.78 is 3.92. The van der Waals surface area contributed by atoms with Crippen LogP contribution in [0.15, 0.2) is 11.6 Å². The van der Waals surface area contributed by atoms with Gasteiger partial charge in [-0.3, -0.25) is 0 Å². The first-order chi connectivity index (χ1) is 5.43. The van der Waals surface area contributed by atoms with Crippen molar-refractivity contribution in [3.63, 3.8) is 0 Å². The maximum atomic E-state index is 10.8. The third-order valence-electron chi connectivity index (χ3n) is 1.09. The summed E-state index contributed by atoms with van der Waals surface area (Å²) in [6.07, 6.45) is 0.0714. The van der Waals surface area contributed by atoms with Crippen LogP contribution >= 0.6 is 0 Å². The quantitative estimate of drug-likeness (QED) is 0.392. The van der Waals surface area contributed by atoms with Gasteiger partial charge in [0.15, 0.2) is 0 Å². The SMILES string of the molecule is CC(=CC(C)C)C(=O)OC(=O)O. The van der Waals surface area contributed by atoms with Gasteiger partial charge < -0.3 is 9.84 Å². The van der Waals surface area contributed by atoms with Gasteiger partial charge in [-0.2, -0.15) is 0 Å². The van der Waals surface area contributed by atoms with Gasteiger partial charge in [0.2, 0.25) is 0 Å². The number of allylic oxidation sites excluding steroid dienone is 1. The summed E-state index contributed by atoms with van der Waals surface area (Å²) in [4.78, 5) is 20.7. The lowest BCUT2D eigenvalue weighted by Crippen LogP contribution is -2.11. The van der Waals surface area contributed by atoms with Gasteiger partial charge in [0.05, 0.1) is 0 Å². The Balaban J connectivity index is 4.19. The zero-order valence-electron chi connectivity index (χ0n) is 7.33. The van der Waals surface area contributed by atoms with Crippen LogP contribution in [0.4, 0.5) is 4.79 Å². The van der Waals surface area contributed by atoms with E-state index in [2.05, 4.69) is 4.74 Å². The lowest BCUT2D eigenvalue weighted by atomic mass is 10.1. The standard InChI is InChI=1S/C8H12O4/c1-5(2)4-6(3)7(9)12-8(10)11/h4-5H,1-3H3,(H,10,11). The molecule has 68 valence electrons. The number of esters is 1. The average molecular weight is 172 g/mol. The largest absolute Gasteiger partial charge is 0.513 e. The molecule has 4 nitrogen and oxygen atoms in total. The summed E-state index contributed by atoms with van der Waals surface area (Å²) in [7, 11) is 0. The normalized spacial score (nSPS) is 11.5. The summed E-state index contributed by atoms with van der Waals surface area (Å²) in [5, 5.41) is 8.10. The molecular weight excluding hydrogens is 160 g/mol. The molecular formula is C8H12O4. The van der Waals surface area contributed by atoms with Gasteiger partial charge in [-0.1, -0.05) is 19.9 Å². The first-order valence-electron chi connectivity index (χ1n) is 3.57.